The van der Waals surface area contributed by atoms with Crippen molar-refractivity contribution in [3.63, 3.8) is 0 Å². The van der Waals surface area contributed by atoms with E-state index in [-0.39, 0.29) is 6.09 Å². The van der Waals surface area contributed by atoms with E-state index in [2.05, 4.69) is 31.2 Å². The molecule has 1 amide bonds. The quantitative estimate of drug-likeness (QED) is 0.473. The zero-order chi connectivity index (χ0) is 18.2. The van der Waals surface area contributed by atoms with E-state index in [4.69, 9.17) is 4.74 Å². The Kier molecular flexibility index (Phi) is 7.61. The molecule has 136 valence electrons. The molecule has 1 aromatic rings. The van der Waals surface area contributed by atoms with Crippen LogP contribution >= 0.6 is 0 Å². The maximum absolute atomic E-state index is 11.5. The number of aromatic nitrogens is 1. The normalized spacial score (nSPS) is 12.0. The lowest BCUT2D eigenvalue weighted by atomic mass is 10.2. The number of aliphatic imine (C=N–C) groups is 1. The molecule has 0 bridgehead atoms. The highest BCUT2D eigenvalue weighted by molar-refractivity contribution is 5.79. The molecule has 0 aliphatic heterocycles. The molecule has 0 aliphatic carbocycles. The Hall–Kier alpha value is -2.18. The van der Waals surface area contributed by atoms with Gasteiger partial charge in [-0.15, -0.1) is 0 Å². The minimum absolute atomic E-state index is 0.382. The van der Waals surface area contributed by atoms with Gasteiger partial charge in [-0.2, -0.15) is 0 Å². The van der Waals surface area contributed by atoms with Crippen molar-refractivity contribution in [1.29, 1.82) is 0 Å². The lowest BCUT2D eigenvalue weighted by Gasteiger charge is -2.22. The Balaban J connectivity index is 2.27. The SMILES string of the molecule is CN=C(NCCCNC(=O)OC(C)(C)C)N(C)Cc1cccn1C. The lowest BCUT2D eigenvalue weighted by Crippen LogP contribution is -2.40. The summed E-state index contributed by atoms with van der Waals surface area (Å²) in [6.45, 7) is 7.60. The minimum atomic E-state index is -0.468. The number of amides is 1. The third-order valence-corrected chi connectivity index (χ3v) is 3.33. The van der Waals surface area contributed by atoms with Crippen molar-refractivity contribution < 1.29 is 9.53 Å². The molecule has 2 N–H and O–H groups in total. The van der Waals surface area contributed by atoms with Gasteiger partial charge in [-0.25, -0.2) is 4.79 Å². The summed E-state index contributed by atoms with van der Waals surface area (Å²) in [6.07, 6.45) is 2.44. The number of carbonyl (C=O) groups is 1. The zero-order valence-electron chi connectivity index (χ0n) is 15.7. The van der Waals surface area contributed by atoms with Crippen molar-refractivity contribution in [2.45, 2.75) is 39.3 Å². The second-order valence-electron chi connectivity index (χ2n) is 6.72. The smallest absolute Gasteiger partial charge is 0.407 e. The molecular formula is C17H31N5O2. The number of hydrogen-bond acceptors (Lipinski definition) is 3. The molecule has 0 spiro atoms. The Morgan fingerprint density at radius 3 is 2.54 bits per heavy atom. The van der Waals surface area contributed by atoms with Gasteiger partial charge in [0, 0.05) is 46.1 Å². The molecule has 7 heteroatoms. The average molecular weight is 337 g/mol. The van der Waals surface area contributed by atoms with Gasteiger partial charge in [0.15, 0.2) is 5.96 Å². The molecule has 1 rings (SSSR count). The number of carbonyl (C=O) groups excluding carboxylic acids is 1. The van der Waals surface area contributed by atoms with Gasteiger partial charge in [0.2, 0.25) is 0 Å². The van der Waals surface area contributed by atoms with Crippen LogP contribution in [-0.4, -0.2) is 54.3 Å². The van der Waals surface area contributed by atoms with Crippen LogP contribution in [0.1, 0.15) is 32.9 Å². The fourth-order valence-corrected chi connectivity index (χ4v) is 2.16. The minimum Gasteiger partial charge on any atom is -0.444 e. The summed E-state index contributed by atoms with van der Waals surface area (Å²) in [6, 6.07) is 4.12. The molecule has 1 aromatic heterocycles. The van der Waals surface area contributed by atoms with Gasteiger partial charge >= 0.3 is 6.09 Å². The number of aryl methyl sites for hydroxylation is 1. The molecule has 0 aromatic carbocycles. The first-order chi connectivity index (χ1) is 11.2. The summed E-state index contributed by atoms with van der Waals surface area (Å²) in [5, 5.41) is 6.04. The topological polar surface area (TPSA) is 70.9 Å². The van der Waals surface area contributed by atoms with E-state index in [0.29, 0.717) is 6.54 Å². The van der Waals surface area contributed by atoms with Crippen molar-refractivity contribution >= 4 is 12.1 Å². The van der Waals surface area contributed by atoms with E-state index in [1.54, 1.807) is 7.05 Å². The summed E-state index contributed by atoms with van der Waals surface area (Å²) in [7, 11) is 5.80. The highest BCUT2D eigenvalue weighted by Crippen LogP contribution is 2.06. The van der Waals surface area contributed by atoms with Crippen LogP contribution in [0.25, 0.3) is 0 Å². The molecule has 0 radical (unpaired) electrons. The number of nitrogens with zero attached hydrogens (tertiary/aromatic N) is 3. The van der Waals surface area contributed by atoms with Crippen LogP contribution in [0, 0.1) is 0 Å². The number of alkyl carbamates (subject to hydrolysis) is 1. The standard InChI is InChI=1S/C17H31N5O2/c1-17(2,3)24-16(23)20-11-8-10-19-15(18-4)22(6)13-14-9-7-12-21(14)5/h7,9,12H,8,10-11,13H2,1-6H3,(H,18,19)(H,20,23). The molecule has 24 heavy (non-hydrogen) atoms. The van der Waals surface area contributed by atoms with Crippen LogP contribution in [0.5, 0.6) is 0 Å². The second kappa shape index (κ2) is 9.20. The predicted octanol–water partition coefficient (Wildman–Crippen LogP) is 1.95. The molecule has 1 heterocycles. The Labute approximate surface area is 145 Å². The van der Waals surface area contributed by atoms with Gasteiger partial charge in [0.05, 0.1) is 6.54 Å². The lowest BCUT2D eigenvalue weighted by molar-refractivity contribution is 0.0527. The van der Waals surface area contributed by atoms with Crippen LogP contribution in [0.15, 0.2) is 23.3 Å². The van der Waals surface area contributed by atoms with Crippen LogP contribution in [-0.2, 0) is 18.3 Å². The zero-order valence-corrected chi connectivity index (χ0v) is 15.7. The summed E-state index contributed by atoms with van der Waals surface area (Å²) < 4.78 is 7.28. The Bertz CT molecular complexity index is 545. The number of guanidine groups is 1. The summed E-state index contributed by atoms with van der Waals surface area (Å²) in [4.78, 5) is 17.9. The molecule has 0 fully saturated rings. The second-order valence-corrected chi connectivity index (χ2v) is 6.72. The third kappa shape index (κ3) is 7.39. The van der Waals surface area contributed by atoms with Crippen molar-refractivity contribution in [2.75, 3.05) is 27.2 Å². The van der Waals surface area contributed by atoms with Crippen LogP contribution < -0.4 is 10.6 Å². The van der Waals surface area contributed by atoms with E-state index < -0.39 is 5.60 Å². The Morgan fingerprint density at radius 2 is 2.00 bits per heavy atom. The van der Waals surface area contributed by atoms with Crippen LogP contribution in [0.3, 0.4) is 0 Å². The first-order valence-corrected chi connectivity index (χ1v) is 8.22. The molecule has 0 saturated heterocycles. The Morgan fingerprint density at radius 1 is 1.33 bits per heavy atom. The van der Waals surface area contributed by atoms with Gasteiger partial charge < -0.3 is 24.8 Å². The third-order valence-electron chi connectivity index (χ3n) is 3.33. The maximum Gasteiger partial charge on any atom is 0.407 e. The predicted molar refractivity (Wildman–Crippen MR) is 97.1 cm³/mol. The number of nitrogens with one attached hydrogen (secondary N) is 2. The summed E-state index contributed by atoms with van der Waals surface area (Å²) in [5.41, 5.74) is 0.747. The van der Waals surface area contributed by atoms with Crippen LogP contribution in [0.2, 0.25) is 0 Å². The maximum atomic E-state index is 11.5. The van der Waals surface area contributed by atoms with Crippen molar-refractivity contribution in [1.82, 2.24) is 20.1 Å². The van der Waals surface area contributed by atoms with E-state index in [1.807, 2.05) is 47.1 Å². The monoisotopic (exact) mass is 337 g/mol. The molecule has 0 aliphatic rings. The van der Waals surface area contributed by atoms with E-state index in [0.717, 1.165) is 25.5 Å². The van der Waals surface area contributed by atoms with Crippen molar-refractivity contribution in [2.24, 2.45) is 12.0 Å². The number of ether oxygens (including phenoxy) is 1. The van der Waals surface area contributed by atoms with E-state index >= 15 is 0 Å². The molecule has 0 unspecified atom stereocenters. The van der Waals surface area contributed by atoms with Crippen molar-refractivity contribution in [3.8, 4) is 0 Å². The van der Waals surface area contributed by atoms with E-state index in [9.17, 15) is 4.79 Å². The fourth-order valence-electron chi connectivity index (χ4n) is 2.16. The first-order valence-electron chi connectivity index (χ1n) is 8.22. The first kappa shape index (κ1) is 19.9. The molecule has 0 saturated carbocycles. The summed E-state index contributed by atoms with van der Waals surface area (Å²) in [5.74, 6) is 0.827. The molecular weight excluding hydrogens is 306 g/mol. The average Bonchev–Trinajstić information content (AvgIpc) is 2.86. The van der Waals surface area contributed by atoms with Gasteiger partial charge in [-0.05, 0) is 39.3 Å². The van der Waals surface area contributed by atoms with Crippen molar-refractivity contribution in [3.05, 3.63) is 24.0 Å². The van der Waals surface area contributed by atoms with E-state index in [1.165, 1.54) is 5.69 Å². The van der Waals surface area contributed by atoms with Gasteiger partial charge in [-0.3, -0.25) is 4.99 Å². The number of rotatable bonds is 6. The van der Waals surface area contributed by atoms with Gasteiger partial charge in [0.25, 0.3) is 0 Å². The van der Waals surface area contributed by atoms with Gasteiger partial charge in [0.1, 0.15) is 5.60 Å². The summed E-state index contributed by atoms with van der Waals surface area (Å²) >= 11 is 0. The fraction of sp³-hybridized carbons (Fsp3) is 0.647. The van der Waals surface area contributed by atoms with Crippen LogP contribution in [0.4, 0.5) is 4.79 Å². The molecule has 0 atom stereocenters. The molecule has 7 nitrogen and oxygen atoms in total. The highest BCUT2D eigenvalue weighted by atomic mass is 16.6. The highest BCUT2D eigenvalue weighted by Gasteiger charge is 2.15. The van der Waals surface area contributed by atoms with Gasteiger partial charge in [-0.1, -0.05) is 0 Å². The number of hydrogen-bond donors (Lipinski definition) is 2. The largest absolute Gasteiger partial charge is 0.444 e.